The summed E-state index contributed by atoms with van der Waals surface area (Å²) in [4.78, 5) is 0. The molecule has 0 aliphatic heterocycles. The van der Waals surface area contributed by atoms with Crippen LogP contribution in [0.3, 0.4) is 0 Å². The van der Waals surface area contributed by atoms with Gasteiger partial charge in [-0.25, -0.2) is 0 Å². The molecule has 0 amide bonds. The molecular weight excluding hydrogens is 270 g/mol. The lowest BCUT2D eigenvalue weighted by Crippen LogP contribution is -2.21. The van der Waals surface area contributed by atoms with E-state index in [-0.39, 0.29) is 6.04 Å². The van der Waals surface area contributed by atoms with Crippen molar-refractivity contribution in [1.29, 1.82) is 0 Å². The van der Waals surface area contributed by atoms with Crippen molar-refractivity contribution in [2.24, 2.45) is 7.05 Å². The smallest absolute Gasteiger partial charge is 0.0847 e. The number of aromatic nitrogens is 2. The fourth-order valence-corrected chi connectivity index (χ4v) is 2.84. The average molecular weight is 292 g/mol. The summed E-state index contributed by atoms with van der Waals surface area (Å²) in [5, 5.41) is 8.56. The summed E-state index contributed by atoms with van der Waals surface area (Å²) in [6.07, 6.45) is 0.830. The molecule has 0 spiro atoms. The molecule has 2 rings (SSSR count). The average Bonchev–Trinajstić information content (AvgIpc) is 2.65. The minimum absolute atomic E-state index is 0.238. The van der Waals surface area contributed by atoms with E-state index < -0.39 is 0 Å². The third-order valence-electron chi connectivity index (χ3n) is 3.82. The highest BCUT2D eigenvalue weighted by Gasteiger charge is 2.18. The lowest BCUT2D eigenvalue weighted by Gasteiger charge is -2.20. The minimum atomic E-state index is 0.238. The Kier molecular flexibility index (Phi) is 4.51. The van der Waals surface area contributed by atoms with Crippen molar-refractivity contribution in [3.63, 3.8) is 0 Å². The molecule has 0 saturated heterocycles. The Balaban J connectivity index is 2.36. The first-order chi connectivity index (χ1) is 9.43. The Morgan fingerprint density at radius 2 is 2.00 bits per heavy atom. The monoisotopic (exact) mass is 291 g/mol. The van der Waals surface area contributed by atoms with E-state index in [1.165, 1.54) is 16.7 Å². The number of halogens is 1. The summed E-state index contributed by atoms with van der Waals surface area (Å²) in [6.45, 7) is 6.21. The Morgan fingerprint density at radius 3 is 2.55 bits per heavy atom. The summed E-state index contributed by atoms with van der Waals surface area (Å²) >= 11 is 6.36. The molecule has 20 heavy (non-hydrogen) atoms. The third kappa shape index (κ3) is 2.89. The Bertz CT molecular complexity index is 616. The molecule has 1 unspecified atom stereocenters. The third-order valence-corrected chi connectivity index (χ3v) is 4.31. The van der Waals surface area contributed by atoms with E-state index in [9.17, 15) is 0 Å². The molecular formula is C16H22ClN3. The maximum Gasteiger partial charge on any atom is 0.0847 e. The highest BCUT2D eigenvalue weighted by atomic mass is 35.5. The van der Waals surface area contributed by atoms with Crippen LogP contribution in [0.5, 0.6) is 0 Å². The second-order valence-corrected chi connectivity index (χ2v) is 5.75. The lowest BCUT2D eigenvalue weighted by atomic mass is 9.95. The molecule has 0 bridgehead atoms. The molecule has 3 nitrogen and oxygen atoms in total. The van der Waals surface area contributed by atoms with Gasteiger partial charge in [-0.05, 0) is 38.9 Å². The SMILES string of the molecule is CNC(Cc1c(Cl)c(C)nn1C)c1cc(C)ccc1C. The first-order valence-corrected chi connectivity index (χ1v) is 7.24. The second-order valence-electron chi connectivity index (χ2n) is 5.38. The molecule has 1 aromatic heterocycles. The van der Waals surface area contributed by atoms with Crippen molar-refractivity contribution in [2.45, 2.75) is 33.2 Å². The van der Waals surface area contributed by atoms with Crippen molar-refractivity contribution in [2.75, 3.05) is 7.05 Å². The molecule has 0 saturated carbocycles. The van der Waals surface area contributed by atoms with Gasteiger partial charge < -0.3 is 5.32 Å². The number of nitrogens with one attached hydrogen (secondary N) is 1. The molecule has 0 aliphatic rings. The van der Waals surface area contributed by atoms with Crippen molar-refractivity contribution in [1.82, 2.24) is 15.1 Å². The highest BCUT2D eigenvalue weighted by molar-refractivity contribution is 6.31. The van der Waals surface area contributed by atoms with Crippen LogP contribution in [-0.2, 0) is 13.5 Å². The van der Waals surface area contributed by atoms with Crippen LogP contribution >= 0.6 is 11.6 Å². The molecule has 0 fully saturated rings. The van der Waals surface area contributed by atoms with Crippen molar-refractivity contribution >= 4 is 11.6 Å². The van der Waals surface area contributed by atoms with Crippen LogP contribution in [0.4, 0.5) is 0 Å². The molecule has 0 radical (unpaired) electrons. The van der Waals surface area contributed by atoms with Crippen LogP contribution in [0.15, 0.2) is 18.2 Å². The van der Waals surface area contributed by atoms with Gasteiger partial charge in [0.05, 0.1) is 16.4 Å². The number of hydrogen-bond donors (Lipinski definition) is 1. The Morgan fingerprint density at radius 1 is 1.30 bits per heavy atom. The van der Waals surface area contributed by atoms with Gasteiger partial charge in [0.2, 0.25) is 0 Å². The van der Waals surface area contributed by atoms with Gasteiger partial charge in [0.15, 0.2) is 0 Å². The number of aryl methyl sites for hydroxylation is 4. The predicted octanol–water partition coefficient (Wildman–Crippen LogP) is 3.50. The number of nitrogens with zero attached hydrogens (tertiary/aromatic N) is 2. The van der Waals surface area contributed by atoms with Crippen LogP contribution < -0.4 is 5.32 Å². The van der Waals surface area contributed by atoms with E-state index in [0.717, 1.165) is 22.8 Å². The Hall–Kier alpha value is -1.32. The Labute approximate surface area is 126 Å². The van der Waals surface area contributed by atoms with Crippen LogP contribution in [0.2, 0.25) is 5.02 Å². The summed E-state index contributed by atoms with van der Waals surface area (Å²) in [5.74, 6) is 0. The summed E-state index contributed by atoms with van der Waals surface area (Å²) < 4.78 is 1.88. The van der Waals surface area contributed by atoms with E-state index in [1.54, 1.807) is 0 Å². The van der Waals surface area contributed by atoms with Crippen molar-refractivity contribution in [3.8, 4) is 0 Å². The van der Waals surface area contributed by atoms with Crippen LogP contribution in [0.25, 0.3) is 0 Å². The van der Waals surface area contributed by atoms with Gasteiger partial charge in [0, 0.05) is 19.5 Å². The van der Waals surface area contributed by atoms with Gasteiger partial charge in [-0.1, -0.05) is 35.4 Å². The van der Waals surface area contributed by atoms with Gasteiger partial charge >= 0.3 is 0 Å². The van der Waals surface area contributed by atoms with E-state index in [1.807, 2.05) is 25.7 Å². The van der Waals surface area contributed by atoms with E-state index in [2.05, 4.69) is 42.5 Å². The largest absolute Gasteiger partial charge is 0.313 e. The number of benzene rings is 1. The van der Waals surface area contributed by atoms with Gasteiger partial charge in [-0.2, -0.15) is 5.10 Å². The zero-order valence-corrected chi connectivity index (χ0v) is 13.5. The zero-order valence-electron chi connectivity index (χ0n) is 12.8. The van der Waals surface area contributed by atoms with Gasteiger partial charge in [0.1, 0.15) is 0 Å². The van der Waals surface area contributed by atoms with Gasteiger partial charge in [0.25, 0.3) is 0 Å². The standard InChI is InChI=1S/C16H22ClN3/c1-10-6-7-11(2)13(8-10)14(18-4)9-15-16(17)12(3)19-20(15)5/h6-8,14,18H,9H2,1-5H3. The fourth-order valence-electron chi connectivity index (χ4n) is 2.60. The van der Waals surface area contributed by atoms with Crippen LogP contribution in [-0.4, -0.2) is 16.8 Å². The lowest BCUT2D eigenvalue weighted by molar-refractivity contribution is 0.559. The predicted molar refractivity (Wildman–Crippen MR) is 84.4 cm³/mol. The summed E-state index contributed by atoms with van der Waals surface area (Å²) in [6, 6.07) is 6.80. The van der Waals surface area contributed by atoms with Crippen molar-refractivity contribution < 1.29 is 0 Å². The maximum absolute atomic E-state index is 6.36. The molecule has 0 aliphatic carbocycles. The van der Waals surface area contributed by atoms with Gasteiger partial charge in [-0.15, -0.1) is 0 Å². The molecule has 108 valence electrons. The van der Waals surface area contributed by atoms with Crippen LogP contribution in [0.1, 0.15) is 34.1 Å². The molecule has 1 heterocycles. The first-order valence-electron chi connectivity index (χ1n) is 6.86. The molecule has 4 heteroatoms. The van der Waals surface area contributed by atoms with Crippen LogP contribution in [0, 0.1) is 20.8 Å². The minimum Gasteiger partial charge on any atom is -0.313 e. The first kappa shape index (κ1) is 15.1. The summed E-state index contributed by atoms with van der Waals surface area (Å²) in [7, 11) is 3.94. The highest BCUT2D eigenvalue weighted by Crippen LogP contribution is 2.27. The van der Waals surface area contributed by atoms with E-state index >= 15 is 0 Å². The number of rotatable bonds is 4. The summed E-state index contributed by atoms with van der Waals surface area (Å²) in [5.41, 5.74) is 5.86. The van der Waals surface area contributed by atoms with Crippen molar-refractivity contribution in [3.05, 3.63) is 51.3 Å². The normalized spacial score (nSPS) is 12.7. The van der Waals surface area contributed by atoms with E-state index in [4.69, 9.17) is 11.6 Å². The number of hydrogen-bond acceptors (Lipinski definition) is 2. The topological polar surface area (TPSA) is 29.9 Å². The zero-order chi connectivity index (χ0) is 14.9. The second kappa shape index (κ2) is 5.98. The quantitative estimate of drug-likeness (QED) is 0.934. The van der Waals surface area contributed by atoms with Gasteiger partial charge in [-0.3, -0.25) is 4.68 Å². The number of likely N-dealkylation sites (N-methyl/N-ethyl adjacent to an activating group) is 1. The molecule has 2 aromatic rings. The van der Waals surface area contributed by atoms with E-state index in [0.29, 0.717) is 0 Å². The molecule has 1 atom stereocenters. The maximum atomic E-state index is 6.36. The fraction of sp³-hybridized carbons (Fsp3) is 0.438. The molecule has 1 aromatic carbocycles. The molecule has 1 N–H and O–H groups in total.